The second-order valence-corrected chi connectivity index (χ2v) is 9.76. The van der Waals surface area contributed by atoms with E-state index in [4.69, 9.17) is 9.97 Å². The zero-order valence-corrected chi connectivity index (χ0v) is 18.0. The summed E-state index contributed by atoms with van der Waals surface area (Å²) in [5.41, 5.74) is 1.26. The minimum atomic E-state index is 0.163. The van der Waals surface area contributed by atoms with Crippen LogP contribution in [0.4, 0.5) is 5.95 Å². The zero-order chi connectivity index (χ0) is 19.8. The number of Topliss-reactive ketones (excluding diaryl/α,β-unsaturated/α-hetero) is 1. The molecule has 3 aliphatic rings. The number of fused-ring (bicyclic) bond motifs is 2. The molecule has 2 atom stereocenters. The molecule has 2 bridgehead atoms. The van der Waals surface area contributed by atoms with Crippen molar-refractivity contribution in [3.63, 3.8) is 0 Å². The van der Waals surface area contributed by atoms with Gasteiger partial charge >= 0.3 is 0 Å². The van der Waals surface area contributed by atoms with Gasteiger partial charge in [0.25, 0.3) is 0 Å². The molecule has 4 rings (SSSR count). The van der Waals surface area contributed by atoms with Crippen molar-refractivity contribution < 1.29 is 4.79 Å². The molecule has 2 unspecified atom stereocenters. The molecule has 2 aliphatic heterocycles. The molecule has 5 heteroatoms. The first-order chi connectivity index (χ1) is 13.4. The van der Waals surface area contributed by atoms with E-state index in [9.17, 15) is 4.79 Å². The number of nitrogens with zero attached hydrogens (tertiary/aromatic N) is 4. The molecular weight excluding hydrogens is 348 g/mol. The van der Waals surface area contributed by atoms with Crippen molar-refractivity contribution in [3.05, 3.63) is 18.0 Å². The van der Waals surface area contributed by atoms with E-state index >= 15 is 0 Å². The molecule has 3 fully saturated rings. The van der Waals surface area contributed by atoms with Crippen molar-refractivity contribution in [2.24, 2.45) is 11.8 Å². The van der Waals surface area contributed by atoms with Gasteiger partial charge < -0.3 is 4.90 Å². The van der Waals surface area contributed by atoms with E-state index in [1.165, 1.54) is 18.4 Å². The predicted molar refractivity (Wildman–Crippen MR) is 113 cm³/mol. The lowest BCUT2D eigenvalue weighted by Crippen LogP contribution is -2.56. The van der Waals surface area contributed by atoms with Gasteiger partial charge in [-0.05, 0) is 63.9 Å². The highest BCUT2D eigenvalue weighted by Crippen LogP contribution is 2.38. The van der Waals surface area contributed by atoms with E-state index in [0.717, 1.165) is 44.7 Å². The van der Waals surface area contributed by atoms with E-state index in [1.54, 1.807) is 0 Å². The maximum atomic E-state index is 12.3. The number of ketones is 1. The highest BCUT2D eigenvalue weighted by atomic mass is 16.1. The van der Waals surface area contributed by atoms with Crippen LogP contribution in [0.5, 0.6) is 0 Å². The molecule has 3 heterocycles. The molecule has 1 aliphatic carbocycles. The lowest BCUT2D eigenvalue weighted by molar-refractivity contribution is -0.126. The monoisotopic (exact) mass is 384 g/mol. The molecule has 0 amide bonds. The number of rotatable bonds is 5. The van der Waals surface area contributed by atoms with Crippen LogP contribution in [0, 0.1) is 11.8 Å². The van der Waals surface area contributed by atoms with Gasteiger partial charge in [0.15, 0.2) is 0 Å². The normalized spacial score (nSPS) is 31.0. The van der Waals surface area contributed by atoms with E-state index in [2.05, 4.69) is 36.0 Å². The summed E-state index contributed by atoms with van der Waals surface area (Å²) in [5.74, 6) is 2.31. The van der Waals surface area contributed by atoms with Crippen molar-refractivity contribution in [2.75, 3.05) is 18.0 Å². The summed E-state index contributed by atoms with van der Waals surface area (Å²) in [4.78, 5) is 26.9. The lowest BCUT2D eigenvalue weighted by atomic mass is 9.76. The Morgan fingerprint density at radius 1 is 0.929 bits per heavy atom. The summed E-state index contributed by atoms with van der Waals surface area (Å²) in [6, 6.07) is 1.74. The zero-order valence-electron chi connectivity index (χ0n) is 18.0. The van der Waals surface area contributed by atoms with Crippen LogP contribution in [0.15, 0.2) is 12.4 Å². The Morgan fingerprint density at radius 2 is 1.50 bits per heavy atom. The molecule has 28 heavy (non-hydrogen) atoms. The molecule has 0 radical (unpaired) electrons. The Labute approximate surface area is 169 Å². The maximum Gasteiger partial charge on any atom is 0.225 e. The van der Waals surface area contributed by atoms with E-state index in [1.807, 2.05) is 13.8 Å². The Kier molecular flexibility index (Phi) is 5.73. The molecule has 154 valence electrons. The van der Waals surface area contributed by atoms with E-state index < -0.39 is 0 Å². The molecule has 0 N–H and O–H groups in total. The Balaban J connectivity index is 1.38. The van der Waals surface area contributed by atoms with Gasteiger partial charge in [-0.15, -0.1) is 0 Å². The predicted octanol–water partition coefficient (Wildman–Crippen LogP) is 4.04. The van der Waals surface area contributed by atoms with Crippen LogP contribution in [0.2, 0.25) is 0 Å². The number of likely N-dealkylation sites (tertiary alicyclic amines) is 1. The number of carbonyl (C=O) groups is 1. The second-order valence-electron chi connectivity index (χ2n) is 9.76. The van der Waals surface area contributed by atoms with Crippen molar-refractivity contribution >= 4 is 11.7 Å². The van der Waals surface area contributed by atoms with Gasteiger partial charge in [0.1, 0.15) is 5.78 Å². The Hall–Kier alpha value is -1.49. The summed E-state index contributed by atoms with van der Waals surface area (Å²) in [5, 5.41) is 0. The number of aromatic nitrogens is 2. The summed E-state index contributed by atoms with van der Waals surface area (Å²) in [6.45, 7) is 10.9. The minimum absolute atomic E-state index is 0.163. The average Bonchev–Trinajstić information content (AvgIpc) is 2.96. The largest absolute Gasteiger partial charge is 0.332 e. The molecular formula is C23H36N4O. The number of hydrogen-bond donors (Lipinski definition) is 0. The minimum Gasteiger partial charge on any atom is -0.332 e. The van der Waals surface area contributed by atoms with Crippen molar-refractivity contribution in [1.82, 2.24) is 14.9 Å². The molecule has 1 aromatic heterocycles. The van der Waals surface area contributed by atoms with Crippen molar-refractivity contribution in [3.8, 4) is 0 Å². The van der Waals surface area contributed by atoms with Gasteiger partial charge in [0.05, 0.1) is 0 Å². The molecule has 0 aromatic carbocycles. The van der Waals surface area contributed by atoms with Crippen LogP contribution < -0.4 is 4.90 Å². The van der Waals surface area contributed by atoms with Crippen LogP contribution in [-0.2, 0) is 4.79 Å². The van der Waals surface area contributed by atoms with Crippen LogP contribution in [0.25, 0.3) is 0 Å². The first-order valence-electron chi connectivity index (χ1n) is 11.3. The first kappa shape index (κ1) is 19.8. The van der Waals surface area contributed by atoms with Crippen molar-refractivity contribution in [1.29, 1.82) is 0 Å². The fourth-order valence-electron chi connectivity index (χ4n) is 5.54. The van der Waals surface area contributed by atoms with Gasteiger partial charge in [-0.1, -0.05) is 13.8 Å². The van der Waals surface area contributed by atoms with Crippen LogP contribution >= 0.6 is 0 Å². The SMILES string of the molecule is CC(C)C(=O)C1CCC(c2cnc(N3C4CCC3CN(C(C)C)C4)nc2)CC1. The number of anilines is 1. The fraction of sp³-hybridized carbons (Fsp3) is 0.783. The third-order valence-electron chi connectivity index (χ3n) is 7.30. The summed E-state index contributed by atoms with van der Waals surface area (Å²) >= 11 is 0. The summed E-state index contributed by atoms with van der Waals surface area (Å²) < 4.78 is 0. The van der Waals surface area contributed by atoms with Gasteiger partial charge in [-0.25, -0.2) is 9.97 Å². The van der Waals surface area contributed by atoms with Crippen LogP contribution in [0.1, 0.15) is 77.7 Å². The van der Waals surface area contributed by atoms with Gasteiger partial charge in [0.2, 0.25) is 5.95 Å². The number of carbonyl (C=O) groups excluding carboxylic acids is 1. The topological polar surface area (TPSA) is 49.3 Å². The third-order valence-corrected chi connectivity index (χ3v) is 7.30. The van der Waals surface area contributed by atoms with E-state index in [-0.39, 0.29) is 11.8 Å². The Bertz CT molecular complexity index is 664. The molecule has 1 aromatic rings. The summed E-state index contributed by atoms with van der Waals surface area (Å²) in [6.07, 6.45) is 10.8. The van der Waals surface area contributed by atoms with Gasteiger partial charge in [-0.2, -0.15) is 0 Å². The molecule has 1 saturated carbocycles. The van der Waals surface area contributed by atoms with E-state index in [0.29, 0.717) is 29.8 Å². The molecule has 2 saturated heterocycles. The quantitative estimate of drug-likeness (QED) is 0.767. The lowest BCUT2D eigenvalue weighted by Gasteiger charge is -2.42. The molecule has 5 nitrogen and oxygen atoms in total. The van der Waals surface area contributed by atoms with Gasteiger partial charge in [-0.3, -0.25) is 9.69 Å². The van der Waals surface area contributed by atoms with Crippen LogP contribution in [-0.4, -0.2) is 51.9 Å². The highest BCUT2D eigenvalue weighted by Gasteiger charge is 2.41. The first-order valence-corrected chi connectivity index (χ1v) is 11.3. The smallest absolute Gasteiger partial charge is 0.225 e. The standard InChI is InChI=1S/C23H36N4O/c1-15(2)22(28)18-7-5-17(6-8-18)19-11-24-23(25-12-19)27-20-9-10-21(27)14-26(13-20)16(3)4/h11-12,15-18,20-21H,5-10,13-14H2,1-4H3. The molecule has 0 spiro atoms. The number of piperazine rings is 1. The van der Waals surface area contributed by atoms with Crippen LogP contribution in [0.3, 0.4) is 0 Å². The highest BCUT2D eigenvalue weighted by molar-refractivity contribution is 5.82. The fourth-order valence-corrected chi connectivity index (χ4v) is 5.54. The van der Waals surface area contributed by atoms with Gasteiger partial charge in [0, 0.05) is 55.4 Å². The Morgan fingerprint density at radius 3 is 2.00 bits per heavy atom. The maximum absolute atomic E-state index is 12.3. The second kappa shape index (κ2) is 8.10. The average molecular weight is 385 g/mol. The third kappa shape index (κ3) is 3.83. The summed E-state index contributed by atoms with van der Waals surface area (Å²) in [7, 11) is 0. The van der Waals surface area contributed by atoms with Crippen molar-refractivity contribution in [2.45, 2.75) is 90.3 Å². The number of hydrogen-bond acceptors (Lipinski definition) is 5.